The second-order valence-electron chi connectivity index (χ2n) is 20.0. The molecule has 1 aliphatic carbocycles. The predicted octanol–water partition coefficient (Wildman–Crippen LogP) is 11.9. The van der Waals surface area contributed by atoms with Gasteiger partial charge in [0.25, 0.3) is 0 Å². The molecule has 1 rings (SSSR count). The first-order valence-corrected chi connectivity index (χ1v) is 26.8. The second-order valence-corrected chi connectivity index (χ2v) is 20.0. The Morgan fingerprint density at radius 3 is 0.443 bits per heavy atom. The number of hydrogen-bond acceptors (Lipinski definition) is 8. The summed E-state index contributed by atoms with van der Waals surface area (Å²) in [7, 11) is 0. The molecular weight excluding hydrogens is 765 g/mol. The summed E-state index contributed by atoms with van der Waals surface area (Å²) in [6, 6.07) is 0. The van der Waals surface area contributed by atoms with Gasteiger partial charge in [-0.05, 0) is 85.9 Å². The van der Waals surface area contributed by atoms with Crippen LogP contribution in [0.3, 0.4) is 0 Å². The Kier molecular flexibility index (Phi) is 37.4. The predicted molar refractivity (Wildman–Crippen MR) is 256 cm³/mol. The van der Waals surface area contributed by atoms with Gasteiger partial charge in [-0.25, -0.2) is 0 Å². The number of hydrogen-bond donors (Lipinski definition) is 8. The van der Waals surface area contributed by atoms with Gasteiger partial charge in [-0.3, -0.25) is 0 Å². The van der Waals surface area contributed by atoms with E-state index in [1.54, 1.807) is 0 Å². The molecule has 0 aliphatic heterocycles. The molecule has 0 radical (unpaired) electrons. The van der Waals surface area contributed by atoms with Crippen molar-refractivity contribution in [3.63, 3.8) is 0 Å². The van der Waals surface area contributed by atoms with E-state index in [0.29, 0.717) is 38.5 Å². The van der Waals surface area contributed by atoms with Crippen molar-refractivity contribution in [1.29, 1.82) is 0 Å². The van der Waals surface area contributed by atoms with Crippen molar-refractivity contribution in [2.75, 3.05) is 52.9 Å². The van der Waals surface area contributed by atoms with Crippen LogP contribution in [-0.2, 0) is 0 Å². The first-order chi connectivity index (χ1) is 29.9. The Labute approximate surface area is 377 Å². The first-order valence-electron chi connectivity index (χ1n) is 26.8. The summed E-state index contributed by atoms with van der Waals surface area (Å²) in [6.45, 7) is -1.26. The minimum Gasteiger partial charge on any atom is -0.396 e. The summed E-state index contributed by atoms with van der Waals surface area (Å²) < 4.78 is 0. The average Bonchev–Trinajstić information content (AvgIpc) is 3.24. The van der Waals surface area contributed by atoms with E-state index in [1.807, 2.05) is 0 Å². The van der Waals surface area contributed by atoms with Crippen LogP contribution < -0.4 is 0 Å². The standard InChI is InChI=1S/C53H106O8/c54-42-34-50(35-43-55)32-30-28-26-24-22-20-18-16-14-12-10-8-6-4-2-1-3-5-7-9-11-13-15-17-19-21-23-25-27-29-31-33-51(36-44-56,37-45-57)53(40-48-60,41-49-61)52(50,38-46-58)39-47-59/h54-61H,1-49H2. The molecular formula is C53H106O8. The van der Waals surface area contributed by atoms with Gasteiger partial charge >= 0.3 is 0 Å². The summed E-state index contributed by atoms with van der Waals surface area (Å²) >= 11 is 0. The zero-order valence-corrected chi connectivity index (χ0v) is 40.2. The van der Waals surface area contributed by atoms with Gasteiger partial charge < -0.3 is 40.9 Å². The van der Waals surface area contributed by atoms with E-state index in [-0.39, 0.29) is 78.5 Å². The highest BCUT2D eigenvalue weighted by Crippen LogP contribution is 2.72. The fourth-order valence-corrected chi connectivity index (χ4v) is 13.1. The number of aliphatic hydroxyl groups excluding tert-OH is 8. The highest BCUT2D eigenvalue weighted by atomic mass is 16.3. The van der Waals surface area contributed by atoms with Crippen molar-refractivity contribution in [2.45, 2.75) is 263 Å². The molecule has 0 aromatic rings. The quantitative estimate of drug-likeness (QED) is 0.0760. The minimum absolute atomic E-state index is 0.125. The molecule has 0 heterocycles. The molecule has 0 unspecified atom stereocenters. The van der Waals surface area contributed by atoms with Crippen LogP contribution >= 0.6 is 0 Å². The van der Waals surface area contributed by atoms with E-state index in [2.05, 4.69) is 0 Å². The zero-order valence-electron chi connectivity index (χ0n) is 40.2. The third kappa shape index (κ3) is 21.2. The second kappa shape index (κ2) is 38.9. The van der Waals surface area contributed by atoms with Crippen molar-refractivity contribution < 1.29 is 40.9 Å². The summed E-state index contributed by atoms with van der Waals surface area (Å²) in [6.07, 6.45) is 43.5. The zero-order chi connectivity index (χ0) is 44.6. The molecule has 1 fully saturated rings. The molecule has 1 aliphatic rings. The summed E-state index contributed by atoms with van der Waals surface area (Å²) in [5, 5.41) is 87.6. The lowest BCUT2D eigenvalue weighted by Gasteiger charge is -2.68. The highest BCUT2D eigenvalue weighted by Gasteiger charge is 2.66. The summed E-state index contributed by atoms with van der Waals surface area (Å²) in [5.41, 5.74) is -3.28. The van der Waals surface area contributed by atoms with Crippen molar-refractivity contribution in [1.82, 2.24) is 0 Å². The van der Waals surface area contributed by atoms with E-state index in [0.717, 1.165) is 38.5 Å². The Bertz CT molecular complexity index is 834. The number of aliphatic hydroxyl groups is 8. The van der Waals surface area contributed by atoms with Crippen LogP contribution in [0.25, 0.3) is 0 Å². The third-order valence-electron chi connectivity index (χ3n) is 16.3. The molecule has 0 aromatic carbocycles. The van der Waals surface area contributed by atoms with Crippen LogP contribution in [0, 0.1) is 21.7 Å². The van der Waals surface area contributed by atoms with Crippen LogP contribution in [0.15, 0.2) is 0 Å². The molecule has 0 amide bonds. The SMILES string of the molecule is OCCC1(CCO)CCCCCCCCCCCCCCCCCCCCCCCCCCCCCCCCCC(CCO)(CCO)C(CCO)(CCO)C1(CCO)CCO. The van der Waals surface area contributed by atoms with Crippen molar-refractivity contribution >= 4 is 0 Å². The minimum atomic E-state index is -0.917. The van der Waals surface area contributed by atoms with Gasteiger partial charge in [-0.15, -0.1) is 0 Å². The van der Waals surface area contributed by atoms with E-state index in [9.17, 15) is 40.9 Å². The van der Waals surface area contributed by atoms with Crippen LogP contribution in [0.5, 0.6) is 0 Å². The van der Waals surface area contributed by atoms with Crippen LogP contribution in [0.1, 0.15) is 263 Å². The maximum Gasteiger partial charge on any atom is 0.0436 e. The molecule has 1 saturated carbocycles. The Hall–Kier alpha value is -0.320. The molecule has 0 atom stereocenters. The maximum absolute atomic E-state index is 11.0. The lowest BCUT2D eigenvalue weighted by atomic mass is 9.36. The van der Waals surface area contributed by atoms with Crippen LogP contribution in [0.2, 0.25) is 0 Å². The van der Waals surface area contributed by atoms with Crippen LogP contribution in [-0.4, -0.2) is 93.7 Å². The Morgan fingerprint density at radius 2 is 0.311 bits per heavy atom. The van der Waals surface area contributed by atoms with Gasteiger partial charge in [-0.1, -0.05) is 199 Å². The van der Waals surface area contributed by atoms with E-state index >= 15 is 0 Å². The topological polar surface area (TPSA) is 162 Å². The molecule has 0 aromatic heterocycles. The summed E-state index contributed by atoms with van der Waals surface area (Å²) in [4.78, 5) is 0. The molecule has 8 nitrogen and oxygen atoms in total. The lowest BCUT2D eigenvalue weighted by molar-refractivity contribution is -0.220. The van der Waals surface area contributed by atoms with Gasteiger partial charge in [0.2, 0.25) is 0 Å². The molecule has 61 heavy (non-hydrogen) atoms. The van der Waals surface area contributed by atoms with Gasteiger partial charge in [0.05, 0.1) is 0 Å². The first kappa shape index (κ1) is 58.7. The monoisotopic (exact) mass is 871 g/mol. The third-order valence-corrected chi connectivity index (χ3v) is 16.3. The molecule has 0 spiro atoms. The molecule has 8 heteroatoms. The van der Waals surface area contributed by atoms with Crippen molar-refractivity contribution in [3.05, 3.63) is 0 Å². The fourth-order valence-electron chi connectivity index (χ4n) is 13.1. The van der Waals surface area contributed by atoms with Crippen LogP contribution in [0.4, 0.5) is 0 Å². The van der Waals surface area contributed by atoms with Gasteiger partial charge in [0.1, 0.15) is 0 Å². The van der Waals surface area contributed by atoms with E-state index < -0.39 is 21.7 Å². The summed E-state index contributed by atoms with van der Waals surface area (Å²) in [5.74, 6) is 0. The molecule has 0 saturated heterocycles. The van der Waals surface area contributed by atoms with E-state index in [4.69, 9.17) is 0 Å². The maximum atomic E-state index is 11.0. The molecule has 366 valence electrons. The van der Waals surface area contributed by atoms with Gasteiger partial charge in [0.15, 0.2) is 0 Å². The Morgan fingerprint density at radius 1 is 0.180 bits per heavy atom. The fraction of sp³-hybridized carbons (Fsp3) is 1.00. The average molecular weight is 871 g/mol. The van der Waals surface area contributed by atoms with Gasteiger partial charge in [0, 0.05) is 52.9 Å². The van der Waals surface area contributed by atoms with E-state index in [1.165, 1.54) is 161 Å². The lowest BCUT2D eigenvalue weighted by Crippen LogP contribution is -2.63. The molecule has 0 bridgehead atoms. The van der Waals surface area contributed by atoms with Crippen molar-refractivity contribution in [3.8, 4) is 0 Å². The largest absolute Gasteiger partial charge is 0.396 e. The number of rotatable bonds is 16. The van der Waals surface area contributed by atoms with Crippen molar-refractivity contribution in [2.24, 2.45) is 21.7 Å². The smallest absolute Gasteiger partial charge is 0.0436 e. The highest BCUT2D eigenvalue weighted by molar-refractivity contribution is 5.14. The normalized spacial score (nSPS) is 22.8. The Balaban J connectivity index is 3.40. The van der Waals surface area contributed by atoms with Gasteiger partial charge in [-0.2, -0.15) is 0 Å². The molecule has 8 N–H and O–H groups in total.